The normalized spacial score (nSPS) is 23.4. The summed E-state index contributed by atoms with van der Waals surface area (Å²) in [6.45, 7) is 5.64. The lowest BCUT2D eigenvalue weighted by Crippen LogP contribution is -2.33. The number of rotatable bonds is 3. The number of nitrogens with zero attached hydrogens (tertiary/aromatic N) is 1. The third-order valence-electron chi connectivity index (χ3n) is 2.17. The first-order valence-electron chi connectivity index (χ1n) is 4.07. The Morgan fingerprint density at radius 2 is 2.00 bits per heavy atom. The molecule has 0 bridgehead atoms. The fourth-order valence-corrected chi connectivity index (χ4v) is 1.53. The molecular weight excluding hydrogens is 126 g/mol. The first-order chi connectivity index (χ1) is 4.84. The maximum atomic E-state index is 5.07. The summed E-state index contributed by atoms with van der Waals surface area (Å²) in [5.41, 5.74) is 0. The average Bonchev–Trinajstić information content (AvgIpc) is 2.38. The Labute approximate surface area is 63.2 Å². The molecule has 1 heterocycles. The molecule has 1 fully saturated rings. The molecule has 1 atom stereocenters. The Morgan fingerprint density at radius 1 is 1.40 bits per heavy atom. The van der Waals surface area contributed by atoms with Crippen LogP contribution in [0.5, 0.6) is 0 Å². The van der Waals surface area contributed by atoms with Gasteiger partial charge in [0.25, 0.3) is 0 Å². The Hall–Kier alpha value is -0.0800. The van der Waals surface area contributed by atoms with E-state index in [-0.39, 0.29) is 0 Å². The van der Waals surface area contributed by atoms with E-state index < -0.39 is 0 Å². The standard InChI is InChI=1S/C8H17NO/c1-8(7-10-2)9-5-3-4-6-9/h8H,3-7H2,1-2H3/t8-/m0/s1. The fourth-order valence-electron chi connectivity index (χ4n) is 1.53. The van der Waals surface area contributed by atoms with Crippen molar-refractivity contribution in [3.8, 4) is 0 Å². The zero-order chi connectivity index (χ0) is 7.40. The van der Waals surface area contributed by atoms with Crippen molar-refractivity contribution in [2.24, 2.45) is 0 Å². The third-order valence-corrected chi connectivity index (χ3v) is 2.17. The van der Waals surface area contributed by atoms with E-state index in [1.54, 1.807) is 7.11 Å². The van der Waals surface area contributed by atoms with Crippen LogP contribution in [0, 0.1) is 0 Å². The van der Waals surface area contributed by atoms with Crippen LogP contribution in [0.15, 0.2) is 0 Å². The van der Waals surface area contributed by atoms with E-state index in [9.17, 15) is 0 Å². The van der Waals surface area contributed by atoms with Crippen molar-refractivity contribution in [1.82, 2.24) is 4.90 Å². The van der Waals surface area contributed by atoms with E-state index in [4.69, 9.17) is 4.74 Å². The van der Waals surface area contributed by atoms with Gasteiger partial charge in [0.05, 0.1) is 6.61 Å². The van der Waals surface area contributed by atoms with Crippen molar-refractivity contribution in [2.45, 2.75) is 25.8 Å². The SMILES string of the molecule is COC[C@H](C)N1CCCC1. The molecule has 1 saturated heterocycles. The van der Waals surface area contributed by atoms with E-state index in [1.807, 2.05) is 0 Å². The summed E-state index contributed by atoms with van der Waals surface area (Å²) >= 11 is 0. The van der Waals surface area contributed by atoms with Crippen LogP contribution in [0.25, 0.3) is 0 Å². The van der Waals surface area contributed by atoms with Gasteiger partial charge >= 0.3 is 0 Å². The number of likely N-dealkylation sites (tertiary alicyclic amines) is 1. The zero-order valence-corrected chi connectivity index (χ0v) is 6.97. The molecule has 0 N–H and O–H groups in total. The molecule has 1 rings (SSSR count). The lowest BCUT2D eigenvalue weighted by molar-refractivity contribution is 0.115. The van der Waals surface area contributed by atoms with Gasteiger partial charge in [0.1, 0.15) is 0 Å². The van der Waals surface area contributed by atoms with Crippen LogP contribution in [0.1, 0.15) is 19.8 Å². The van der Waals surface area contributed by atoms with E-state index in [1.165, 1.54) is 25.9 Å². The largest absolute Gasteiger partial charge is 0.383 e. The first-order valence-corrected chi connectivity index (χ1v) is 4.07. The van der Waals surface area contributed by atoms with Gasteiger partial charge < -0.3 is 4.74 Å². The van der Waals surface area contributed by atoms with Crippen LogP contribution in [0.2, 0.25) is 0 Å². The van der Waals surface area contributed by atoms with Gasteiger partial charge in [-0.2, -0.15) is 0 Å². The summed E-state index contributed by atoms with van der Waals surface area (Å²) < 4.78 is 5.07. The highest BCUT2D eigenvalue weighted by atomic mass is 16.5. The summed E-state index contributed by atoms with van der Waals surface area (Å²) in [5.74, 6) is 0. The maximum absolute atomic E-state index is 5.07. The van der Waals surface area contributed by atoms with E-state index in [2.05, 4.69) is 11.8 Å². The second-order valence-electron chi connectivity index (χ2n) is 3.05. The van der Waals surface area contributed by atoms with E-state index in [0.29, 0.717) is 6.04 Å². The predicted octanol–water partition coefficient (Wildman–Crippen LogP) is 1.12. The molecule has 0 aliphatic carbocycles. The van der Waals surface area contributed by atoms with Crippen LogP contribution in [-0.2, 0) is 4.74 Å². The van der Waals surface area contributed by atoms with Gasteiger partial charge in [0, 0.05) is 13.2 Å². The number of ether oxygens (including phenoxy) is 1. The van der Waals surface area contributed by atoms with Gasteiger partial charge in [-0.1, -0.05) is 0 Å². The number of hydrogen-bond donors (Lipinski definition) is 0. The van der Waals surface area contributed by atoms with Gasteiger partial charge in [-0.25, -0.2) is 0 Å². The summed E-state index contributed by atoms with van der Waals surface area (Å²) in [6, 6.07) is 0.618. The van der Waals surface area contributed by atoms with Gasteiger partial charge in [0.15, 0.2) is 0 Å². The van der Waals surface area contributed by atoms with Crippen LogP contribution < -0.4 is 0 Å². The third kappa shape index (κ3) is 1.96. The van der Waals surface area contributed by atoms with Crippen molar-refractivity contribution >= 4 is 0 Å². The second-order valence-corrected chi connectivity index (χ2v) is 3.05. The Kier molecular flexibility index (Phi) is 3.16. The minimum Gasteiger partial charge on any atom is -0.383 e. The molecule has 2 nitrogen and oxygen atoms in total. The quantitative estimate of drug-likeness (QED) is 0.587. The zero-order valence-electron chi connectivity index (χ0n) is 6.97. The maximum Gasteiger partial charge on any atom is 0.0615 e. The highest BCUT2D eigenvalue weighted by molar-refractivity contribution is 4.71. The van der Waals surface area contributed by atoms with Crippen molar-refractivity contribution in [3.63, 3.8) is 0 Å². The summed E-state index contributed by atoms with van der Waals surface area (Å²) in [4.78, 5) is 2.49. The highest BCUT2D eigenvalue weighted by Crippen LogP contribution is 2.10. The van der Waals surface area contributed by atoms with Crippen LogP contribution in [0.3, 0.4) is 0 Å². The second kappa shape index (κ2) is 3.94. The fraction of sp³-hybridized carbons (Fsp3) is 1.00. The number of methoxy groups -OCH3 is 1. The van der Waals surface area contributed by atoms with Crippen molar-refractivity contribution in [1.29, 1.82) is 0 Å². The minimum atomic E-state index is 0.618. The lowest BCUT2D eigenvalue weighted by atomic mass is 10.3. The Bertz CT molecular complexity index is 89.3. The first kappa shape index (κ1) is 8.02. The van der Waals surface area contributed by atoms with Crippen molar-refractivity contribution in [3.05, 3.63) is 0 Å². The minimum absolute atomic E-state index is 0.618. The number of hydrogen-bond acceptors (Lipinski definition) is 2. The van der Waals surface area contributed by atoms with Crippen LogP contribution in [-0.4, -0.2) is 37.7 Å². The molecule has 0 spiro atoms. The topological polar surface area (TPSA) is 12.5 Å². The summed E-state index contributed by atoms with van der Waals surface area (Å²) in [5, 5.41) is 0. The molecule has 0 saturated carbocycles. The molecule has 0 aromatic carbocycles. The van der Waals surface area contributed by atoms with Gasteiger partial charge in [0.2, 0.25) is 0 Å². The molecule has 0 unspecified atom stereocenters. The molecule has 1 aliphatic rings. The van der Waals surface area contributed by atoms with E-state index in [0.717, 1.165) is 6.61 Å². The van der Waals surface area contributed by atoms with Gasteiger partial charge in [-0.05, 0) is 32.9 Å². The molecule has 0 aromatic rings. The molecule has 0 aromatic heterocycles. The van der Waals surface area contributed by atoms with Crippen molar-refractivity contribution in [2.75, 3.05) is 26.8 Å². The molecule has 60 valence electrons. The van der Waals surface area contributed by atoms with Gasteiger partial charge in [-0.15, -0.1) is 0 Å². The van der Waals surface area contributed by atoms with Gasteiger partial charge in [-0.3, -0.25) is 4.90 Å². The smallest absolute Gasteiger partial charge is 0.0615 e. The highest BCUT2D eigenvalue weighted by Gasteiger charge is 2.16. The molecular formula is C8H17NO. The van der Waals surface area contributed by atoms with Crippen molar-refractivity contribution < 1.29 is 4.74 Å². The summed E-state index contributed by atoms with van der Waals surface area (Å²) in [6.07, 6.45) is 2.74. The molecule has 0 amide bonds. The molecule has 1 aliphatic heterocycles. The van der Waals surface area contributed by atoms with E-state index >= 15 is 0 Å². The lowest BCUT2D eigenvalue weighted by Gasteiger charge is -2.22. The summed E-state index contributed by atoms with van der Waals surface area (Å²) in [7, 11) is 1.77. The average molecular weight is 143 g/mol. The predicted molar refractivity (Wildman–Crippen MR) is 42.1 cm³/mol. The molecule has 10 heavy (non-hydrogen) atoms. The Morgan fingerprint density at radius 3 is 2.50 bits per heavy atom. The monoisotopic (exact) mass is 143 g/mol. The van der Waals surface area contributed by atoms with Crippen LogP contribution >= 0.6 is 0 Å². The van der Waals surface area contributed by atoms with Crippen LogP contribution in [0.4, 0.5) is 0 Å². The molecule has 2 heteroatoms. The Balaban J connectivity index is 2.18. The molecule has 0 radical (unpaired) electrons.